The second kappa shape index (κ2) is 40.3. The monoisotopic (exact) mass is 1770 g/mol. The van der Waals surface area contributed by atoms with E-state index in [2.05, 4.69) is 47.3 Å². The van der Waals surface area contributed by atoms with Gasteiger partial charge in [0.25, 0.3) is 0 Å². The van der Waals surface area contributed by atoms with E-state index < -0.39 is 0 Å². The zero-order chi connectivity index (χ0) is 86.0. The standard InChI is InChI=1S/C125H208N4/c1-81-37-73-101-105-21-5-13-29-117(105)126(121-33-17-9-25-109(121)113(101)77-81)97-65-49-89(50-66-97)85-41-57-93(58-42-85)125(94-59-43-86(44-60-94)90-51-67-98(68-52-90)127-118-30-14-6-22-106(118)102-74-38-82(2)78-114(102)110-26-10-18-34-122(110)127,95-61-45-87(46-62-95)91-53-69-99(70-54-91)128-119-31-15-7-23-107(119)103-75-39-83(3)79-115(103)111-27-11-19-35-123(111)128)96-63-47-88(48-64-96)92-55-71-100(72-56-92)129-120-32-16-8-24-108(120)104-76-40-84(4)80-116(104)112-28-12-20-36-124(112)129/h81-124H,5-80H2,1-4H3. The summed E-state index contributed by atoms with van der Waals surface area (Å²) in [5, 5.41) is 0. The first-order chi connectivity index (χ1) is 63.6. The lowest BCUT2D eigenvalue weighted by molar-refractivity contribution is -0.127. The Balaban J connectivity index is 0.504. The molecule has 0 aromatic heterocycles. The molecule has 20 aliphatic carbocycles. The lowest BCUT2D eigenvalue weighted by Gasteiger charge is -2.62. The third-order valence-electron chi connectivity index (χ3n) is 51.8. The number of fused-ring (bicyclic) bond motifs is 20. The van der Waals surface area contributed by atoms with Gasteiger partial charge in [0.15, 0.2) is 0 Å². The minimum atomic E-state index is 0.601. The van der Waals surface area contributed by atoms with E-state index in [4.69, 9.17) is 0 Å². The van der Waals surface area contributed by atoms with Crippen molar-refractivity contribution in [3.63, 3.8) is 0 Å². The lowest BCUT2D eigenvalue weighted by Crippen LogP contribution is -2.56. The largest absolute Gasteiger partial charge is 0.294 e. The molecule has 4 aliphatic heterocycles. The van der Waals surface area contributed by atoms with E-state index in [1.807, 2.05) is 0 Å². The molecule has 0 radical (unpaired) electrons. The maximum absolute atomic E-state index is 3.52. The van der Waals surface area contributed by atoms with Gasteiger partial charge in [-0.15, -0.1) is 0 Å². The summed E-state index contributed by atoms with van der Waals surface area (Å²) < 4.78 is 0. The Labute approximate surface area is 797 Å². The summed E-state index contributed by atoms with van der Waals surface area (Å²) in [6, 6.07) is 11.1. The van der Waals surface area contributed by atoms with Gasteiger partial charge in [0.2, 0.25) is 0 Å². The van der Waals surface area contributed by atoms with Crippen LogP contribution < -0.4 is 0 Å². The normalized spacial score (nSPS) is 53.5. The van der Waals surface area contributed by atoms with Gasteiger partial charge in [0.05, 0.1) is 0 Å². The molecule has 4 nitrogen and oxygen atoms in total. The topological polar surface area (TPSA) is 13.0 Å². The van der Waals surface area contributed by atoms with Crippen LogP contribution in [0, 0.1) is 195 Å². The first-order valence-corrected chi connectivity index (χ1v) is 62.7. The van der Waals surface area contributed by atoms with Crippen LogP contribution in [0.4, 0.5) is 0 Å². The van der Waals surface area contributed by atoms with Crippen LogP contribution in [0.3, 0.4) is 0 Å². The molecule has 28 unspecified atom stereocenters. The Morgan fingerprint density at radius 3 is 0.450 bits per heavy atom. The quantitative estimate of drug-likeness (QED) is 0.193. The van der Waals surface area contributed by atoms with Gasteiger partial charge >= 0.3 is 0 Å². The Morgan fingerprint density at radius 1 is 0.132 bits per heavy atom. The van der Waals surface area contributed by atoms with Crippen LogP contribution in [0.2, 0.25) is 0 Å². The fourth-order valence-corrected chi connectivity index (χ4v) is 47.0. The van der Waals surface area contributed by atoms with E-state index in [0.29, 0.717) is 5.41 Å². The van der Waals surface area contributed by atoms with Crippen LogP contribution in [0.5, 0.6) is 0 Å². The summed E-state index contributed by atoms with van der Waals surface area (Å²) in [7, 11) is 0. The summed E-state index contributed by atoms with van der Waals surface area (Å²) in [5.41, 5.74) is 0.601. The van der Waals surface area contributed by atoms with Crippen molar-refractivity contribution in [3.8, 4) is 0 Å². The molecule has 0 amide bonds. The summed E-state index contributed by atoms with van der Waals surface area (Å²) >= 11 is 0. The van der Waals surface area contributed by atoms with Crippen LogP contribution in [0.15, 0.2) is 0 Å². The molecule has 4 heteroatoms. The van der Waals surface area contributed by atoms with Crippen molar-refractivity contribution in [1.82, 2.24) is 19.6 Å². The van der Waals surface area contributed by atoms with Gasteiger partial charge < -0.3 is 0 Å². The molecule has 4 saturated heterocycles. The van der Waals surface area contributed by atoms with E-state index in [-0.39, 0.29) is 0 Å². The lowest BCUT2D eigenvalue weighted by atomic mass is 9.43. The minimum absolute atomic E-state index is 0.601. The van der Waals surface area contributed by atoms with Crippen LogP contribution in [-0.4, -0.2) is 92.1 Å². The van der Waals surface area contributed by atoms with E-state index >= 15 is 0 Å². The van der Waals surface area contributed by atoms with Crippen molar-refractivity contribution in [2.45, 2.75) is 588 Å². The molecule has 0 aromatic carbocycles. The molecular formula is C125H208N4. The fourth-order valence-electron chi connectivity index (χ4n) is 47.0. The van der Waals surface area contributed by atoms with Crippen molar-refractivity contribution in [3.05, 3.63) is 0 Å². The second-order valence-corrected chi connectivity index (χ2v) is 56.6. The molecule has 129 heavy (non-hydrogen) atoms. The maximum Gasteiger partial charge on any atom is 0.0132 e. The van der Waals surface area contributed by atoms with Gasteiger partial charge in [-0.25, -0.2) is 0 Å². The molecule has 24 aliphatic rings. The predicted octanol–water partition coefficient (Wildman–Crippen LogP) is 33.4. The van der Waals surface area contributed by atoms with Crippen LogP contribution in [0.1, 0.15) is 516 Å². The summed E-state index contributed by atoms with van der Waals surface area (Å²) in [6.45, 7) is 10.7. The molecular weight excluding hydrogens is 1560 g/mol. The van der Waals surface area contributed by atoms with E-state index in [1.54, 1.807) is 437 Å². The van der Waals surface area contributed by atoms with E-state index in [0.717, 1.165) is 262 Å². The Bertz CT molecular complexity index is 3040. The number of hydrogen-bond acceptors (Lipinski definition) is 4. The SMILES string of the molecule is CC1CCC2C(C1)C1CCCCC1N(C1CCC(C3CCC(C(C4CCC(C5CCC(N6C7CCCCC7C7CCC(C)CC7C7CCCCC76)CC5)CC4)(C4CCC(C5CCC(N6C7CCCCC7C7CCC(C)CC7C7CCCCC76)CC5)CC4)C4CCC(C5CCC(N6C7CCCCC7C7CCC(C)CC7C7CCCCC76)CC5)CC4)CC3)CC1)C1CCCCC21. The molecule has 0 N–H and O–H groups in total. The number of rotatable bonds is 12. The second-order valence-electron chi connectivity index (χ2n) is 56.6. The van der Waals surface area contributed by atoms with Crippen LogP contribution >= 0.6 is 0 Å². The summed E-state index contributed by atoms with van der Waals surface area (Å²) in [6.07, 6.45) is 121. The summed E-state index contributed by atoms with van der Waals surface area (Å²) in [4.78, 5) is 14.1. The molecule has 20 saturated carbocycles. The molecule has 4 heterocycles. The zero-order valence-corrected chi connectivity index (χ0v) is 85.4. The number of nitrogens with zero attached hydrogens (tertiary/aromatic N) is 4. The average Bonchev–Trinajstić information content (AvgIpc) is 1.57. The number of likely N-dealkylation sites (tertiary alicyclic amines) is 4. The van der Waals surface area contributed by atoms with E-state index in [1.165, 1.54) is 51.4 Å². The third-order valence-corrected chi connectivity index (χ3v) is 51.8. The summed E-state index contributed by atoms with van der Waals surface area (Å²) in [5.74, 6) is 32.9. The molecule has 728 valence electrons. The molecule has 28 atom stereocenters. The first-order valence-electron chi connectivity index (χ1n) is 62.7. The minimum Gasteiger partial charge on any atom is -0.294 e. The van der Waals surface area contributed by atoms with Crippen LogP contribution in [0.25, 0.3) is 0 Å². The highest BCUT2D eigenvalue weighted by atomic mass is 15.3. The highest BCUT2D eigenvalue weighted by Gasteiger charge is 2.63. The highest BCUT2D eigenvalue weighted by molar-refractivity contribution is 5.14. The van der Waals surface area contributed by atoms with Crippen molar-refractivity contribution in [2.24, 2.45) is 195 Å². The zero-order valence-electron chi connectivity index (χ0n) is 85.4. The van der Waals surface area contributed by atoms with Gasteiger partial charge in [0, 0.05) is 72.5 Å². The Hall–Kier alpha value is -0.160. The van der Waals surface area contributed by atoms with Crippen molar-refractivity contribution < 1.29 is 0 Å². The smallest absolute Gasteiger partial charge is 0.0132 e. The number of hydrogen-bond donors (Lipinski definition) is 0. The van der Waals surface area contributed by atoms with Gasteiger partial charge in [-0.2, -0.15) is 0 Å². The van der Waals surface area contributed by atoms with Gasteiger partial charge in [0.1, 0.15) is 0 Å². The molecule has 0 bridgehead atoms. The molecule has 0 aromatic rings. The Kier molecular flexibility index (Phi) is 28.5. The van der Waals surface area contributed by atoms with Crippen molar-refractivity contribution in [1.29, 1.82) is 0 Å². The molecule has 24 rings (SSSR count). The van der Waals surface area contributed by atoms with E-state index in [9.17, 15) is 0 Å². The fraction of sp³-hybridized carbons (Fsp3) is 1.00. The van der Waals surface area contributed by atoms with Gasteiger partial charge in [-0.1, -0.05) is 156 Å². The third kappa shape index (κ3) is 17.5. The molecule has 24 fully saturated rings. The predicted molar refractivity (Wildman–Crippen MR) is 541 cm³/mol. The average molecular weight is 1770 g/mol. The maximum atomic E-state index is 3.52. The van der Waals surface area contributed by atoms with Crippen molar-refractivity contribution in [2.75, 3.05) is 0 Å². The van der Waals surface area contributed by atoms with Crippen LogP contribution in [-0.2, 0) is 0 Å². The van der Waals surface area contributed by atoms with Gasteiger partial charge in [-0.3, -0.25) is 19.6 Å². The molecule has 0 spiro atoms. The first kappa shape index (κ1) is 91.3. The van der Waals surface area contributed by atoms with Crippen molar-refractivity contribution >= 4 is 0 Å². The highest BCUT2D eigenvalue weighted by Crippen LogP contribution is 2.69. The Morgan fingerprint density at radius 2 is 0.279 bits per heavy atom. The van der Waals surface area contributed by atoms with Gasteiger partial charge in [-0.05, 0) is 554 Å².